The van der Waals surface area contributed by atoms with E-state index in [1.165, 1.54) is 10.5 Å². The van der Waals surface area contributed by atoms with Crippen molar-refractivity contribution in [2.75, 3.05) is 0 Å². The number of nitrogens with one attached hydrogen (secondary N) is 1. The van der Waals surface area contributed by atoms with E-state index < -0.39 is 6.04 Å². The minimum Gasteiger partial charge on any atom is -0.356 e. The summed E-state index contributed by atoms with van der Waals surface area (Å²) < 4.78 is 0. The lowest BCUT2D eigenvalue weighted by atomic mass is 9.88. The molecule has 170 valence electrons. The molecule has 0 bridgehead atoms. The quantitative estimate of drug-likeness (QED) is 0.402. The Kier molecular flexibility index (Phi) is 4.80. The lowest BCUT2D eigenvalue weighted by Crippen LogP contribution is -2.44. The van der Waals surface area contributed by atoms with Gasteiger partial charge in [0.05, 0.1) is 6.54 Å². The first-order valence-corrected chi connectivity index (χ1v) is 11.9. The molecule has 1 saturated heterocycles. The summed E-state index contributed by atoms with van der Waals surface area (Å²) in [4.78, 5) is 34.2. The zero-order valence-corrected chi connectivity index (χ0v) is 19.4. The fraction of sp³-hybridized carbons (Fsp3) is 0.241. The molecule has 6 rings (SSSR count). The van der Waals surface area contributed by atoms with Crippen LogP contribution in [0.2, 0.25) is 0 Å². The number of fused-ring (bicyclic) bond motifs is 4. The molecule has 3 heterocycles. The molecule has 5 nitrogen and oxygen atoms in total. The monoisotopic (exact) mass is 449 g/mol. The first kappa shape index (κ1) is 20.7. The van der Waals surface area contributed by atoms with Crippen LogP contribution in [0.25, 0.3) is 10.9 Å². The van der Waals surface area contributed by atoms with E-state index in [4.69, 9.17) is 0 Å². The first-order chi connectivity index (χ1) is 16.5. The second kappa shape index (κ2) is 7.87. The topological polar surface area (TPSA) is 56.4 Å². The third-order valence-electron chi connectivity index (χ3n) is 7.24. The number of imide groups is 1. The molecule has 0 saturated carbocycles. The number of nitrogens with zero attached hydrogens (tertiary/aromatic N) is 2. The van der Waals surface area contributed by atoms with E-state index in [1.807, 2.05) is 42.5 Å². The molecule has 0 unspecified atom stereocenters. The van der Waals surface area contributed by atoms with Crippen LogP contribution in [0.4, 0.5) is 4.79 Å². The van der Waals surface area contributed by atoms with E-state index in [-0.39, 0.29) is 18.0 Å². The highest BCUT2D eigenvalue weighted by atomic mass is 16.2. The standard InChI is InChI=1S/C29H27N3O2/c1-18(2)20-12-14-21(15-13-20)27-26-23(22-10-6-7-11-24(22)30-26)16-25-28(33)31(29(34)32(25)27)17-19-8-4-3-5-9-19/h3-15,18,25,27,30H,16-17H2,1-2H3/t25-,27-/m0/s1. The van der Waals surface area contributed by atoms with Crippen LogP contribution < -0.4 is 0 Å². The van der Waals surface area contributed by atoms with E-state index in [0.29, 0.717) is 18.9 Å². The smallest absolute Gasteiger partial charge is 0.328 e. The largest absolute Gasteiger partial charge is 0.356 e. The maximum Gasteiger partial charge on any atom is 0.328 e. The van der Waals surface area contributed by atoms with Crippen LogP contribution in [-0.2, 0) is 17.8 Å². The van der Waals surface area contributed by atoms with Crippen LogP contribution in [0.3, 0.4) is 0 Å². The summed E-state index contributed by atoms with van der Waals surface area (Å²) in [5.41, 5.74) is 6.41. The number of para-hydroxylation sites is 1. The Labute approximate surface area is 199 Å². The fourth-order valence-corrected chi connectivity index (χ4v) is 5.45. The van der Waals surface area contributed by atoms with Gasteiger partial charge in [-0.3, -0.25) is 14.6 Å². The van der Waals surface area contributed by atoms with E-state index >= 15 is 0 Å². The van der Waals surface area contributed by atoms with Crippen LogP contribution in [0.1, 0.15) is 53.8 Å². The summed E-state index contributed by atoms with van der Waals surface area (Å²) >= 11 is 0. The third kappa shape index (κ3) is 3.15. The van der Waals surface area contributed by atoms with E-state index in [2.05, 4.69) is 55.2 Å². The van der Waals surface area contributed by atoms with Crippen molar-refractivity contribution >= 4 is 22.8 Å². The van der Waals surface area contributed by atoms with Gasteiger partial charge in [0.15, 0.2) is 0 Å². The molecule has 34 heavy (non-hydrogen) atoms. The number of urea groups is 1. The Balaban J connectivity index is 1.47. The van der Waals surface area contributed by atoms with Gasteiger partial charge < -0.3 is 4.98 Å². The van der Waals surface area contributed by atoms with Crippen molar-refractivity contribution in [2.45, 2.75) is 44.8 Å². The van der Waals surface area contributed by atoms with Gasteiger partial charge in [-0.15, -0.1) is 0 Å². The normalized spacial score (nSPS) is 19.7. The first-order valence-electron chi connectivity index (χ1n) is 11.9. The number of H-pyrrole nitrogens is 1. The number of aromatic amines is 1. The molecule has 0 aliphatic carbocycles. The molecule has 5 heteroatoms. The SMILES string of the molecule is CC(C)c1ccc([C@H]2c3[nH]c4ccccc4c3C[C@H]3C(=O)N(Cc4ccccc4)C(=O)N23)cc1. The zero-order chi connectivity index (χ0) is 23.4. The Morgan fingerprint density at radius 3 is 2.35 bits per heavy atom. The molecule has 2 aliphatic heterocycles. The van der Waals surface area contributed by atoms with E-state index in [0.717, 1.165) is 33.3 Å². The zero-order valence-electron chi connectivity index (χ0n) is 19.4. The van der Waals surface area contributed by atoms with Gasteiger partial charge in [0.2, 0.25) is 0 Å². The van der Waals surface area contributed by atoms with Gasteiger partial charge in [0, 0.05) is 23.0 Å². The molecular weight excluding hydrogens is 422 g/mol. The van der Waals surface area contributed by atoms with Gasteiger partial charge in [-0.25, -0.2) is 4.79 Å². The summed E-state index contributed by atoms with van der Waals surface area (Å²) in [5.74, 6) is 0.307. The predicted molar refractivity (Wildman–Crippen MR) is 132 cm³/mol. The molecule has 3 amide bonds. The van der Waals surface area contributed by atoms with Gasteiger partial charge in [0.25, 0.3) is 5.91 Å². The predicted octanol–water partition coefficient (Wildman–Crippen LogP) is 5.77. The number of hydrogen-bond donors (Lipinski definition) is 1. The van der Waals surface area contributed by atoms with E-state index in [9.17, 15) is 9.59 Å². The Morgan fingerprint density at radius 1 is 0.912 bits per heavy atom. The average molecular weight is 450 g/mol. The Morgan fingerprint density at radius 2 is 1.62 bits per heavy atom. The van der Waals surface area contributed by atoms with Gasteiger partial charge in [-0.2, -0.15) is 0 Å². The van der Waals surface area contributed by atoms with Crippen LogP contribution in [0, 0.1) is 0 Å². The number of aromatic nitrogens is 1. The minimum atomic E-state index is -0.502. The Bertz CT molecular complexity index is 1390. The van der Waals surface area contributed by atoms with Crippen molar-refractivity contribution in [3.63, 3.8) is 0 Å². The number of benzene rings is 3. The fourth-order valence-electron chi connectivity index (χ4n) is 5.45. The summed E-state index contributed by atoms with van der Waals surface area (Å²) in [7, 11) is 0. The second-order valence-electron chi connectivity index (χ2n) is 9.61. The number of carbonyl (C=O) groups is 2. The van der Waals surface area contributed by atoms with Crippen molar-refractivity contribution in [2.24, 2.45) is 0 Å². The molecule has 3 aromatic carbocycles. The number of rotatable bonds is 4. The van der Waals surface area contributed by atoms with Crippen molar-refractivity contribution in [3.05, 3.63) is 107 Å². The van der Waals surface area contributed by atoms with Crippen molar-refractivity contribution in [1.29, 1.82) is 0 Å². The maximum atomic E-state index is 13.8. The molecule has 1 fully saturated rings. The van der Waals surface area contributed by atoms with Crippen LogP contribution in [0.15, 0.2) is 78.9 Å². The summed E-state index contributed by atoms with van der Waals surface area (Å²) in [6.07, 6.45) is 0.524. The number of hydrogen-bond acceptors (Lipinski definition) is 2. The minimum absolute atomic E-state index is 0.117. The molecule has 4 aromatic rings. The summed E-state index contributed by atoms with van der Waals surface area (Å²) in [5, 5.41) is 1.13. The molecule has 1 N–H and O–H groups in total. The highest BCUT2D eigenvalue weighted by Crippen LogP contribution is 2.44. The molecule has 0 spiro atoms. The third-order valence-corrected chi connectivity index (χ3v) is 7.24. The highest BCUT2D eigenvalue weighted by molar-refractivity contribution is 6.05. The van der Waals surface area contributed by atoms with Crippen molar-refractivity contribution in [3.8, 4) is 0 Å². The average Bonchev–Trinajstić information content (AvgIpc) is 3.34. The van der Waals surface area contributed by atoms with Gasteiger partial charge >= 0.3 is 6.03 Å². The Hall–Kier alpha value is -3.86. The molecule has 2 atom stereocenters. The molecule has 1 aromatic heterocycles. The number of amides is 3. The number of carbonyl (C=O) groups excluding carboxylic acids is 2. The maximum absolute atomic E-state index is 13.8. The van der Waals surface area contributed by atoms with Crippen molar-refractivity contribution < 1.29 is 9.59 Å². The van der Waals surface area contributed by atoms with Crippen LogP contribution >= 0.6 is 0 Å². The van der Waals surface area contributed by atoms with E-state index in [1.54, 1.807) is 4.90 Å². The van der Waals surface area contributed by atoms with Crippen LogP contribution in [-0.4, -0.2) is 32.8 Å². The molecule has 0 radical (unpaired) electrons. The summed E-state index contributed by atoms with van der Waals surface area (Å²) in [6, 6.07) is 25.3. The van der Waals surface area contributed by atoms with Crippen molar-refractivity contribution in [1.82, 2.24) is 14.8 Å². The van der Waals surface area contributed by atoms with Gasteiger partial charge in [0.1, 0.15) is 12.1 Å². The summed E-state index contributed by atoms with van der Waals surface area (Å²) in [6.45, 7) is 4.64. The van der Waals surface area contributed by atoms with Crippen LogP contribution in [0.5, 0.6) is 0 Å². The molecular formula is C29H27N3O2. The van der Waals surface area contributed by atoms with Gasteiger partial charge in [-0.1, -0.05) is 86.6 Å². The lowest BCUT2D eigenvalue weighted by Gasteiger charge is -2.36. The second-order valence-corrected chi connectivity index (χ2v) is 9.61. The van der Waals surface area contributed by atoms with Gasteiger partial charge in [-0.05, 0) is 34.2 Å². The highest BCUT2D eigenvalue weighted by Gasteiger charge is 2.52. The molecule has 2 aliphatic rings. The lowest BCUT2D eigenvalue weighted by molar-refractivity contribution is -0.129.